The molecule has 1 aliphatic heterocycles. The van der Waals surface area contributed by atoms with Gasteiger partial charge in [0.25, 0.3) is 0 Å². The van der Waals surface area contributed by atoms with E-state index in [1.165, 1.54) is 0 Å². The fraction of sp³-hybridized carbons (Fsp3) is 0.0417. The summed E-state index contributed by atoms with van der Waals surface area (Å²) in [6.07, 6.45) is 1.88. The highest BCUT2D eigenvalue weighted by molar-refractivity contribution is 6.15. The summed E-state index contributed by atoms with van der Waals surface area (Å²) >= 11 is 0. The number of nitrogens with zero attached hydrogens (tertiary/aromatic N) is 1. The Bertz CT molecular complexity index is 1220. The number of para-hydroxylation sites is 2. The molecule has 0 aliphatic carbocycles. The third-order valence-electron chi connectivity index (χ3n) is 5.04. The van der Waals surface area contributed by atoms with Gasteiger partial charge in [-0.05, 0) is 29.8 Å². The summed E-state index contributed by atoms with van der Waals surface area (Å²) in [7, 11) is 2.05. The van der Waals surface area contributed by atoms with Crippen LogP contribution in [0.2, 0.25) is 0 Å². The zero-order valence-electron chi connectivity index (χ0n) is 14.8. The maximum atomic E-state index is 12.8. The van der Waals surface area contributed by atoms with Crippen LogP contribution < -0.4 is 4.74 Å². The van der Waals surface area contributed by atoms with E-state index in [9.17, 15) is 4.79 Å². The molecule has 0 saturated heterocycles. The number of aryl methyl sites for hydroxylation is 1. The van der Waals surface area contributed by atoms with E-state index < -0.39 is 0 Å². The molecule has 1 aromatic heterocycles. The van der Waals surface area contributed by atoms with Crippen molar-refractivity contribution in [3.63, 3.8) is 0 Å². The van der Waals surface area contributed by atoms with Gasteiger partial charge in [0, 0.05) is 23.5 Å². The Hall–Kier alpha value is -3.59. The van der Waals surface area contributed by atoms with Gasteiger partial charge in [0.2, 0.25) is 5.78 Å². The number of carbonyl (C=O) groups is 1. The summed E-state index contributed by atoms with van der Waals surface area (Å²) < 4.78 is 8.04. The van der Waals surface area contributed by atoms with Crippen molar-refractivity contribution in [2.75, 3.05) is 0 Å². The zero-order chi connectivity index (χ0) is 18.4. The summed E-state index contributed by atoms with van der Waals surface area (Å²) in [5.41, 5.74) is 4.90. The minimum Gasteiger partial charge on any atom is -0.452 e. The first-order valence-electron chi connectivity index (χ1n) is 8.90. The molecule has 27 heavy (non-hydrogen) atoms. The van der Waals surface area contributed by atoms with Crippen molar-refractivity contribution in [3.8, 4) is 17.0 Å². The van der Waals surface area contributed by atoms with Crippen molar-refractivity contribution in [3.05, 3.63) is 95.7 Å². The van der Waals surface area contributed by atoms with Gasteiger partial charge in [-0.2, -0.15) is 0 Å². The summed E-state index contributed by atoms with van der Waals surface area (Å²) in [5.74, 6) is 0.914. The van der Waals surface area contributed by atoms with Crippen molar-refractivity contribution >= 4 is 22.8 Å². The first kappa shape index (κ1) is 15.6. The van der Waals surface area contributed by atoms with Crippen LogP contribution in [0.4, 0.5) is 0 Å². The Kier molecular flexibility index (Phi) is 3.47. The van der Waals surface area contributed by atoms with Crippen LogP contribution in [0.3, 0.4) is 0 Å². The van der Waals surface area contributed by atoms with E-state index in [0.29, 0.717) is 17.1 Å². The fourth-order valence-corrected chi connectivity index (χ4v) is 3.78. The number of ketones is 1. The van der Waals surface area contributed by atoms with Crippen molar-refractivity contribution in [1.29, 1.82) is 0 Å². The molecule has 3 nitrogen and oxygen atoms in total. The monoisotopic (exact) mass is 351 g/mol. The number of hydrogen-bond acceptors (Lipinski definition) is 2. The van der Waals surface area contributed by atoms with Gasteiger partial charge in [-0.25, -0.2) is 0 Å². The smallest absolute Gasteiger partial charge is 0.231 e. The van der Waals surface area contributed by atoms with E-state index in [-0.39, 0.29) is 5.78 Å². The van der Waals surface area contributed by atoms with Crippen molar-refractivity contribution in [2.45, 2.75) is 0 Å². The predicted octanol–water partition coefficient (Wildman–Crippen LogP) is 5.46. The predicted molar refractivity (Wildman–Crippen MR) is 108 cm³/mol. The van der Waals surface area contributed by atoms with E-state index in [1.807, 2.05) is 54.6 Å². The molecule has 3 aromatic carbocycles. The zero-order valence-corrected chi connectivity index (χ0v) is 14.8. The Morgan fingerprint density at radius 3 is 2.37 bits per heavy atom. The number of hydrogen-bond donors (Lipinski definition) is 0. The number of rotatable bonds is 2. The minimum absolute atomic E-state index is 0.0717. The molecule has 2 heterocycles. The van der Waals surface area contributed by atoms with Crippen LogP contribution >= 0.6 is 0 Å². The van der Waals surface area contributed by atoms with Crippen LogP contribution in [0.15, 0.2) is 84.6 Å². The van der Waals surface area contributed by atoms with Crippen molar-refractivity contribution in [1.82, 2.24) is 4.57 Å². The van der Waals surface area contributed by atoms with Crippen LogP contribution in [0.25, 0.3) is 28.2 Å². The van der Waals surface area contributed by atoms with Gasteiger partial charge in [-0.15, -0.1) is 0 Å². The number of benzene rings is 3. The van der Waals surface area contributed by atoms with Crippen LogP contribution in [0, 0.1) is 0 Å². The highest BCUT2D eigenvalue weighted by atomic mass is 16.5. The van der Waals surface area contributed by atoms with Crippen molar-refractivity contribution in [2.24, 2.45) is 7.05 Å². The molecule has 1 aliphatic rings. The summed E-state index contributed by atoms with van der Waals surface area (Å²) in [6.45, 7) is 0. The van der Waals surface area contributed by atoms with Crippen LogP contribution in [-0.4, -0.2) is 10.4 Å². The van der Waals surface area contributed by atoms with Gasteiger partial charge in [0.15, 0.2) is 5.76 Å². The molecule has 0 amide bonds. The Balaban J connectivity index is 1.76. The van der Waals surface area contributed by atoms with E-state index in [0.717, 1.165) is 27.7 Å². The SMILES string of the molecule is Cn1c(-c2ccccc2)c(/C=C2\Oc3ccccc3C2=O)c2ccccc21. The lowest BCUT2D eigenvalue weighted by atomic mass is 10.0. The second-order valence-electron chi connectivity index (χ2n) is 6.64. The fourth-order valence-electron chi connectivity index (χ4n) is 3.78. The molecule has 0 radical (unpaired) electrons. The molecule has 0 spiro atoms. The van der Waals surface area contributed by atoms with Gasteiger partial charge in [0.05, 0.1) is 11.3 Å². The normalized spacial score (nSPS) is 14.6. The molecular formula is C24H17NO2. The highest BCUT2D eigenvalue weighted by Crippen LogP contribution is 2.37. The third-order valence-corrected chi connectivity index (χ3v) is 5.04. The number of aromatic nitrogens is 1. The second-order valence-corrected chi connectivity index (χ2v) is 6.64. The quantitative estimate of drug-likeness (QED) is 0.449. The van der Waals surface area contributed by atoms with E-state index in [4.69, 9.17) is 4.74 Å². The number of ether oxygens (including phenoxy) is 1. The number of fused-ring (bicyclic) bond motifs is 2. The van der Waals surface area contributed by atoms with Gasteiger partial charge >= 0.3 is 0 Å². The van der Waals surface area contributed by atoms with Gasteiger partial charge < -0.3 is 9.30 Å². The highest BCUT2D eigenvalue weighted by Gasteiger charge is 2.28. The molecule has 0 saturated carbocycles. The van der Waals surface area contributed by atoms with Crippen LogP contribution in [0.5, 0.6) is 5.75 Å². The topological polar surface area (TPSA) is 31.2 Å². The Labute approximate surface area is 157 Å². The molecule has 4 aromatic rings. The lowest BCUT2D eigenvalue weighted by Gasteiger charge is -2.07. The molecule has 5 rings (SSSR count). The first-order valence-corrected chi connectivity index (χ1v) is 8.90. The summed E-state index contributed by atoms with van der Waals surface area (Å²) in [6, 6.07) is 25.8. The third kappa shape index (κ3) is 2.40. The average Bonchev–Trinajstić information content (AvgIpc) is 3.18. The molecule has 0 unspecified atom stereocenters. The summed E-state index contributed by atoms with van der Waals surface area (Å²) in [5, 5.41) is 1.10. The number of carbonyl (C=O) groups excluding carboxylic acids is 1. The van der Waals surface area contributed by atoms with E-state index >= 15 is 0 Å². The Morgan fingerprint density at radius 1 is 0.852 bits per heavy atom. The van der Waals surface area contributed by atoms with Gasteiger partial charge in [-0.3, -0.25) is 4.79 Å². The lowest BCUT2D eigenvalue weighted by Crippen LogP contribution is -1.99. The second kappa shape index (κ2) is 5.99. The maximum Gasteiger partial charge on any atom is 0.231 e. The summed E-state index contributed by atoms with van der Waals surface area (Å²) in [4.78, 5) is 12.8. The first-order chi connectivity index (χ1) is 13.2. The van der Waals surface area contributed by atoms with Gasteiger partial charge in [-0.1, -0.05) is 60.7 Å². The molecule has 130 valence electrons. The Morgan fingerprint density at radius 2 is 1.56 bits per heavy atom. The lowest BCUT2D eigenvalue weighted by molar-refractivity contribution is 0.101. The molecule has 0 N–H and O–H groups in total. The van der Waals surface area contributed by atoms with Crippen molar-refractivity contribution < 1.29 is 9.53 Å². The molecule has 0 bridgehead atoms. The molecular weight excluding hydrogens is 334 g/mol. The van der Waals surface area contributed by atoms with Gasteiger partial charge in [0.1, 0.15) is 5.75 Å². The van der Waals surface area contributed by atoms with Crippen LogP contribution in [0.1, 0.15) is 15.9 Å². The standard InChI is InChI=1S/C24H17NO2/c1-25-20-13-7-5-11-17(20)19(23(25)16-9-3-2-4-10-16)15-22-24(26)18-12-6-8-14-21(18)27-22/h2-15H,1H3/b22-15-. The van der Waals surface area contributed by atoms with Crippen LogP contribution in [-0.2, 0) is 7.05 Å². The molecule has 0 atom stereocenters. The number of allylic oxidation sites excluding steroid dienone is 1. The maximum absolute atomic E-state index is 12.8. The average molecular weight is 351 g/mol. The minimum atomic E-state index is -0.0717. The van der Waals surface area contributed by atoms with E-state index in [2.05, 4.69) is 35.9 Å². The number of Topliss-reactive ketones (excluding diaryl/α,β-unsaturated/α-hetero) is 1. The molecule has 0 fully saturated rings. The van der Waals surface area contributed by atoms with E-state index in [1.54, 1.807) is 6.07 Å². The largest absolute Gasteiger partial charge is 0.452 e. The molecule has 3 heteroatoms.